The second kappa shape index (κ2) is 6.27. The van der Waals surface area contributed by atoms with Crippen LogP contribution in [0.3, 0.4) is 0 Å². The van der Waals surface area contributed by atoms with E-state index >= 15 is 0 Å². The SMILES string of the molecule is Cn1cc(C(=O)N2CCOC(Cc3ccc(F)cc3)C2)cn1. The molecule has 6 heteroatoms. The molecule has 1 aliphatic rings. The molecule has 1 aromatic carbocycles. The van der Waals surface area contributed by atoms with Gasteiger partial charge in [0.1, 0.15) is 5.82 Å². The molecule has 0 saturated carbocycles. The second-order valence-electron chi connectivity index (χ2n) is 5.48. The molecule has 1 fully saturated rings. The number of morpholine rings is 1. The highest BCUT2D eigenvalue weighted by molar-refractivity contribution is 5.93. The first-order chi connectivity index (χ1) is 10.6. The number of rotatable bonds is 3. The minimum absolute atomic E-state index is 0.0273. The number of aromatic nitrogens is 2. The van der Waals surface area contributed by atoms with E-state index < -0.39 is 0 Å². The first-order valence-corrected chi connectivity index (χ1v) is 7.26. The first kappa shape index (κ1) is 14.7. The molecule has 1 aliphatic heterocycles. The molecule has 22 heavy (non-hydrogen) atoms. The highest BCUT2D eigenvalue weighted by Gasteiger charge is 2.25. The molecule has 1 unspecified atom stereocenters. The van der Waals surface area contributed by atoms with Crippen LogP contribution in [0.5, 0.6) is 0 Å². The molecule has 2 aromatic rings. The fourth-order valence-electron chi connectivity index (χ4n) is 2.62. The number of carbonyl (C=O) groups is 1. The molecule has 0 spiro atoms. The summed E-state index contributed by atoms with van der Waals surface area (Å²) in [4.78, 5) is 14.2. The monoisotopic (exact) mass is 303 g/mol. The van der Waals surface area contributed by atoms with Gasteiger partial charge >= 0.3 is 0 Å². The van der Waals surface area contributed by atoms with Gasteiger partial charge in [-0.25, -0.2) is 4.39 Å². The summed E-state index contributed by atoms with van der Waals surface area (Å²) in [5, 5.41) is 4.03. The minimum atomic E-state index is -0.248. The molecule has 5 nitrogen and oxygen atoms in total. The van der Waals surface area contributed by atoms with Crippen molar-refractivity contribution in [2.45, 2.75) is 12.5 Å². The third-order valence-electron chi connectivity index (χ3n) is 3.75. The van der Waals surface area contributed by atoms with Crippen molar-refractivity contribution in [3.63, 3.8) is 0 Å². The van der Waals surface area contributed by atoms with Crippen LogP contribution in [0.15, 0.2) is 36.7 Å². The average Bonchev–Trinajstić information content (AvgIpc) is 2.96. The lowest BCUT2D eigenvalue weighted by Crippen LogP contribution is -2.46. The largest absolute Gasteiger partial charge is 0.374 e. The standard InChI is InChI=1S/C16H18FN3O2/c1-19-10-13(9-18-19)16(21)20-6-7-22-15(11-20)8-12-2-4-14(17)5-3-12/h2-5,9-10,15H,6-8,11H2,1H3. The maximum atomic E-state index is 12.9. The molecule has 0 bridgehead atoms. The van der Waals surface area contributed by atoms with E-state index in [9.17, 15) is 9.18 Å². The summed E-state index contributed by atoms with van der Waals surface area (Å²) in [6.45, 7) is 1.62. The van der Waals surface area contributed by atoms with Gasteiger partial charge in [0.05, 0.1) is 24.5 Å². The number of hydrogen-bond acceptors (Lipinski definition) is 3. The van der Waals surface area contributed by atoms with Crippen molar-refractivity contribution >= 4 is 5.91 Å². The van der Waals surface area contributed by atoms with Crippen LogP contribution >= 0.6 is 0 Å². The second-order valence-corrected chi connectivity index (χ2v) is 5.48. The summed E-state index contributed by atoms with van der Waals surface area (Å²) >= 11 is 0. The van der Waals surface area contributed by atoms with Gasteiger partial charge in [0.2, 0.25) is 0 Å². The minimum Gasteiger partial charge on any atom is -0.374 e. The van der Waals surface area contributed by atoms with Crippen LogP contribution in [-0.2, 0) is 18.2 Å². The highest BCUT2D eigenvalue weighted by atomic mass is 19.1. The Bertz CT molecular complexity index is 654. The number of aryl methyl sites for hydroxylation is 1. The zero-order chi connectivity index (χ0) is 15.5. The summed E-state index contributed by atoms with van der Waals surface area (Å²) < 4.78 is 20.3. The molecule has 3 rings (SSSR count). The molecule has 1 saturated heterocycles. The lowest BCUT2D eigenvalue weighted by molar-refractivity contribution is -0.0208. The van der Waals surface area contributed by atoms with Crippen molar-refractivity contribution in [1.29, 1.82) is 0 Å². The van der Waals surface area contributed by atoms with E-state index in [1.807, 2.05) is 0 Å². The Morgan fingerprint density at radius 2 is 2.18 bits per heavy atom. The van der Waals surface area contributed by atoms with Gasteiger partial charge in [0.25, 0.3) is 5.91 Å². The Kier molecular flexibility index (Phi) is 4.20. The van der Waals surface area contributed by atoms with Crippen molar-refractivity contribution in [3.8, 4) is 0 Å². The number of benzene rings is 1. The number of halogens is 1. The van der Waals surface area contributed by atoms with Gasteiger partial charge in [-0.3, -0.25) is 9.48 Å². The van der Waals surface area contributed by atoms with Crippen LogP contribution < -0.4 is 0 Å². The fourth-order valence-corrected chi connectivity index (χ4v) is 2.62. The fraction of sp³-hybridized carbons (Fsp3) is 0.375. The number of carbonyl (C=O) groups excluding carboxylic acids is 1. The van der Waals surface area contributed by atoms with Gasteiger partial charge in [-0.15, -0.1) is 0 Å². The van der Waals surface area contributed by atoms with Crippen LogP contribution in [-0.4, -0.2) is 46.4 Å². The number of hydrogen-bond donors (Lipinski definition) is 0. The van der Waals surface area contributed by atoms with Gasteiger partial charge < -0.3 is 9.64 Å². The van der Waals surface area contributed by atoms with E-state index in [0.717, 1.165) is 5.56 Å². The lowest BCUT2D eigenvalue weighted by atomic mass is 10.1. The van der Waals surface area contributed by atoms with Crippen LogP contribution in [0.4, 0.5) is 4.39 Å². The maximum absolute atomic E-state index is 12.9. The third kappa shape index (κ3) is 3.33. The van der Waals surface area contributed by atoms with Crippen molar-refractivity contribution in [1.82, 2.24) is 14.7 Å². The molecular weight excluding hydrogens is 285 g/mol. The molecule has 1 amide bonds. The van der Waals surface area contributed by atoms with Crippen LogP contribution in [0.1, 0.15) is 15.9 Å². The third-order valence-corrected chi connectivity index (χ3v) is 3.75. The molecule has 2 heterocycles. The summed E-state index contributed by atoms with van der Waals surface area (Å²) in [6.07, 6.45) is 3.89. The molecule has 1 atom stereocenters. The number of nitrogens with zero attached hydrogens (tertiary/aromatic N) is 3. The Morgan fingerprint density at radius 1 is 1.41 bits per heavy atom. The van der Waals surface area contributed by atoms with Gasteiger partial charge in [-0.2, -0.15) is 5.10 Å². The highest BCUT2D eigenvalue weighted by Crippen LogP contribution is 2.14. The predicted molar refractivity (Wildman–Crippen MR) is 79.0 cm³/mol. The van der Waals surface area contributed by atoms with Crippen LogP contribution in [0, 0.1) is 5.82 Å². The number of amides is 1. The summed E-state index contributed by atoms with van der Waals surface area (Å²) in [6, 6.07) is 6.38. The summed E-state index contributed by atoms with van der Waals surface area (Å²) in [5.41, 5.74) is 1.59. The maximum Gasteiger partial charge on any atom is 0.257 e. The lowest BCUT2D eigenvalue weighted by Gasteiger charge is -2.32. The topological polar surface area (TPSA) is 47.4 Å². The van der Waals surface area contributed by atoms with Gasteiger partial charge in [-0.1, -0.05) is 12.1 Å². The van der Waals surface area contributed by atoms with Crippen molar-refractivity contribution in [3.05, 3.63) is 53.6 Å². The molecule has 0 radical (unpaired) electrons. The van der Waals surface area contributed by atoms with E-state index in [2.05, 4.69) is 5.10 Å². The smallest absolute Gasteiger partial charge is 0.257 e. The molecule has 1 aromatic heterocycles. The van der Waals surface area contributed by atoms with E-state index in [4.69, 9.17) is 4.74 Å². The zero-order valence-electron chi connectivity index (χ0n) is 12.4. The Balaban J connectivity index is 1.63. The Morgan fingerprint density at radius 3 is 2.86 bits per heavy atom. The normalized spacial score (nSPS) is 18.5. The van der Waals surface area contributed by atoms with Crippen LogP contribution in [0.25, 0.3) is 0 Å². The molecular formula is C16H18FN3O2. The summed E-state index contributed by atoms with van der Waals surface area (Å²) in [5.74, 6) is -0.276. The van der Waals surface area contributed by atoms with E-state index in [1.165, 1.54) is 12.1 Å². The first-order valence-electron chi connectivity index (χ1n) is 7.26. The zero-order valence-corrected chi connectivity index (χ0v) is 12.4. The quantitative estimate of drug-likeness (QED) is 0.866. The van der Waals surface area contributed by atoms with Crippen molar-refractivity contribution in [2.24, 2.45) is 7.05 Å². The van der Waals surface area contributed by atoms with E-state index in [-0.39, 0.29) is 17.8 Å². The molecule has 116 valence electrons. The predicted octanol–water partition coefficient (Wildman–Crippen LogP) is 1.64. The van der Waals surface area contributed by atoms with Gasteiger partial charge in [0.15, 0.2) is 0 Å². The Hall–Kier alpha value is -2.21. The van der Waals surface area contributed by atoms with E-state index in [1.54, 1.807) is 41.2 Å². The van der Waals surface area contributed by atoms with Gasteiger partial charge in [-0.05, 0) is 17.7 Å². The van der Waals surface area contributed by atoms with Gasteiger partial charge in [0, 0.05) is 32.8 Å². The van der Waals surface area contributed by atoms with Crippen molar-refractivity contribution in [2.75, 3.05) is 19.7 Å². The van der Waals surface area contributed by atoms with Crippen LogP contribution in [0.2, 0.25) is 0 Å². The average molecular weight is 303 g/mol. The number of ether oxygens (including phenoxy) is 1. The van der Waals surface area contributed by atoms with Crippen molar-refractivity contribution < 1.29 is 13.9 Å². The molecule has 0 aliphatic carbocycles. The van der Waals surface area contributed by atoms with E-state index in [0.29, 0.717) is 31.7 Å². The molecule has 0 N–H and O–H groups in total. The summed E-state index contributed by atoms with van der Waals surface area (Å²) in [7, 11) is 1.79. The Labute approximate surface area is 128 Å².